The van der Waals surface area contributed by atoms with E-state index in [-0.39, 0.29) is 27.2 Å². The fourth-order valence-corrected chi connectivity index (χ4v) is 8.51. The summed E-state index contributed by atoms with van der Waals surface area (Å²) >= 11 is 39.9. The first-order chi connectivity index (χ1) is 16.7. The molecule has 2 bridgehead atoms. The van der Waals surface area contributed by atoms with Crippen LogP contribution in [0.1, 0.15) is 22.8 Å². The number of hydrogen-bond acceptors (Lipinski definition) is 5. The van der Waals surface area contributed by atoms with E-state index in [1.807, 2.05) is 31.2 Å². The molecule has 36 heavy (non-hydrogen) atoms. The Bertz CT molecular complexity index is 1310. The van der Waals surface area contributed by atoms with Crippen LogP contribution in [0.4, 0.5) is 5.00 Å². The van der Waals surface area contributed by atoms with Crippen LogP contribution in [0.15, 0.2) is 39.7 Å². The molecule has 0 radical (unpaired) electrons. The number of carbonyl (C=O) groups excluding carboxylic acids is 2. The zero-order chi connectivity index (χ0) is 26.8. The number of aryl methyl sites for hydroxylation is 1. The maximum atomic E-state index is 13.6. The Hall–Kier alpha value is -1.19. The van der Waals surface area contributed by atoms with Gasteiger partial charge in [0.2, 0.25) is 5.91 Å². The number of carboxylic acid groups (broad SMARTS) is 1. The number of hydrogen-bond donors (Lipinski definition) is 2. The fraction of sp³-hybridized carbons (Fsp3) is 0.348. The van der Waals surface area contributed by atoms with Crippen LogP contribution in [0.5, 0.6) is 0 Å². The lowest BCUT2D eigenvalue weighted by Crippen LogP contribution is -2.47. The molecule has 1 aromatic heterocycles. The Kier molecular flexibility index (Phi) is 7.37. The second-order valence-electron chi connectivity index (χ2n) is 8.35. The minimum Gasteiger partial charge on any atom is -0.481 e. The highest BCUT2D eigenvalue weighted by atomic mass is 35.5. The number of amides is 1. The van der Waals surface area contributed by atoms with E-state index in [1.165, 1.54) is 0 Å². The van der Waals surface area contributed by atoms with Gasteiger partial charge in [0.15, 0.2) is 4.33 Å². The van der Waals surface area contributed by atoms with Crippen LogP contribution in [0.3, 0.4) is 0 Å². The molecule has 1 fully saturated rings. The molecule has 0 unspecified atom stereocenters. The SMILES string of the molecule is CCOC(=O)c1c(-c2ccc(C)cc2)csc1NC(=O)[C@H]1[C@H](C(=O)O)[C@]2(Cl)C(Cl)=C(Cl)[C@]1(Cl)C2(Cl)Cl. The summed E-state index contributed by atoms with van der Waals surface area (Å²) in [5, 5.41) is 13.7. The van der Waals surface area contributed by atoms with E-state index in [0.717, 1.165) is 22.5 Å². The molecule has 13 heteroatoms. The maximum Gasteiger partial charge on any atom is 0.341 e. The number of carbonyl (C=O) groups is 3. The topological polar surface area (TPSA) is 92.7 Å². The van der Waals surface area contributed by atoms with Gasteiger partial charge < -0.3 is 15.2 Å². The summed E-state index contributed by atoms with van der Waals surface area (Å²) in [5.41, 5.74) is 2.36. The second kappa shape index (κ2) is 9.53. The lowest BCUT2D eigenvalue weighted by atomic mass is 9.81. The van der Waals surface area contributed by atoms with Crippen LogP contribution in [0.25, 0.3) is 11.1 Å². The van der Waals surface area contributed by atoms with Crippen molar-refractivity contribution in [2.24, 2.45) is 11.8 Å². The van der Waals surface area contributed by atoms with E-state index in [4.69, 9.17) is 74.3 Å². The quantitative estimate of drug-likeness (QED) is 0.265. The summed E-state index contributed by atoms with van der Waals surface area (Å²) in [6, 6.07) is 7.41. The van der Waals surface area contributed by atoms with Gasteiger partial charge in [-0.2, -0.15) is 0 Å². The number of allylic oxidation sites excluding steroid dienone is 2. The molecule has 2 N–H and O–H groups in total. The molecule has 2 aliphatic rings. The van der Waals surface area contributed by atoms with Crippen molar-refractivity contribution in [2.75, 3.05) is 11.9 Å². The molecule has 4 atom stereocenters. The van der Waals surface area contributed by atoms with E-state index < -0.39 is 43.8 Å². The number of aliphatic carboxylic acids is 1. The monoisotopic (exact) mass is 629 g/mol. The van der Waals surface area contributed by atoms with E-state index >= 15 is 0 Å². The van der Waals surface area contributed by atoms with Gasteiger partial charge in [-0.15, -0.1) is 34.5 Å². The van der Waals surface area contributed by atoms with Crippen molar-refractivity contribution in [3.8, 4) is 11.1 Å². The second-order valence-corrected chi connectivity index (χ2v) is 12.5. The number of rotatable bonds is 6. The predicted octanol–water partition coefficient (Wildman–Crippen LogP) is 7.00. The fourth-order valence-electron chi connectivity index (χ4n) is 4.62. The summed E-state index contributed by atoms with van der Waals surface area (Å²) in [5.74, 6) is -6.45. The Morgan fingerprint density at radius 3 is 2.11 bits per heavy atom. The summed E-state index contributed by atoms with van der Waals surface area (Å²) < 4.78 is 2.97. The maximum absolute atomic E-state index is 13.6. The summed E-state index contributed by atoms with van der Waals surface area (Å²) in [7, 11) is 0. The van der Waals surface area contributed by atoms with Gasteiger partial charge >= 0.3 is 11.9 Å². The lowest BCUT2D eigenvalue weighted by molar-refractivity contribution is -0.146. The van der Waals surface area contributed by atoms with Crippen LogP contribution in [0, 0.1) is 18.8 Å². The molecule has 1 amide bonds. The molecule has 192 valence electrons. The number of anilines is 1. The van der Waals surface area contributed by atoms with Gasteiger partial charge in [-0.05, 0) is 19.4 Å². The normalized spacial score (nSPS) is 28.3. The summed E-state index contributed by atoms with van der Waals surface area (Å²) in [4.78, 5) is 34.5. The molecule has 2 aromatic rings. The van der Waals surface area contributed by atoms with Crippen molar-refractivity contribution in [3.05, 3.63) is 50.8 Å². The van der Waals surface area contributed by atoms with Crippen molar-refractivity contribution >= 4 is 104 Å². The van der Waals surface area contributed by atoms with E-state index in [2.05, 4.69) is 5.32 Å². The molecule has 0 aliphatic heterocycles. The molecule has 6 nitrogen and oxygen atoms in total. The molecule has 1 saturated carbocycles. The highest BCUT2D eigenvalue weighted by Crippen LogP contribution is 2.76. The minimum absolute atomic E-state index is 0.0958. The third-order valence-corrected chi connectivity index (χ3v) is 11.5. The molecule has 1 aromatic carbocycles. The summed E-state index contributed by atoms with van der Waals surface area (Å²) in [6.07, 6.45) is 0. The Morgan fingerprint density at radius 2 is 1.58 bits per heavy atom. The van der Waals surface area contributed by atoms with Crippen molar-refractivity contribution in [1.82, 2.24) is 0 Å². The van der Waals surface area contributed by atoms with Crippen LogP contribution in [-0.4, -0.2) is 43.6 Å². The van der Waals surface area contributed by atoms with Crippen molar-refractivity contribution in [1.29, 1.82) is 0 Å². The zero-order valence-electron chi connectivity index (χ0n) is 18.5. The highest BCUT2D eigenvalue weighted by Gasteiger charge is 2.85. The van der Waals surface area contributed by atoms with Crippen molar-refractivity contribution in [2.45, 2.75) is 27.9 Å². The van der Waals surface area contributed by atoms with Crippen molar-refractivity contribution in [3.63, 3.8) is 0 Å². The number of nitrogens with one attached hydrogen (secondary N) is 1. The highest BCUT2D eigenvalue weighted by molar-refractivity contribution is 7.15. The van der Waals surface area contributed by atoms with Crippen molar-refractivity contribution < 1.29 is 24.2 Å². The average Bonchev–Trinajstić information content (AvgIpc) is 3.31. The molecule has 2 aliphatic carbocycles. The Labute approximate surface area is 240 Å². The standard InChI is InChI=1S/C23H17Cl6NO5S/c1-3-35-20(34)12-11(10-6-4-9(2)5-7-10)8-36-18(12)30-17(31)13-14(19(32)33)22(27)16(25)15(24)21(13,26)23(22,28)29/h4-8,13-14H,3H2,1-2H3,(H,30,31)(H,32,33)/t13-,14-,21+,22+/m1/s1. The predicted molar refractivity (Wildman–Crippen MR) is 144 cm³/mol. The summed E-state index contributed by atoms with van der Waals surface area (Å²) in [6.45, 7) is 3.67. The lowest BCUT2D eigenvalue weighted by Gasteiger charge is -2.33. The smallest absolute Gasteiger partial charge is 0.341 e. The van der Waals surface area contributed by atoms with Crippen LogP contribution in [-0.2, 0) is 14.3 Å². The Morgan fingerprint density at radius 1 is 1.03 bits per heavy atom. The zero-order valence-corrected chi connectivity index (χ0v) is 23.9. The average molecular weight is 632 g/mol. The van der Waals surface area contributed by atoms with Gasteiger partial charge in [0, 0.05) is 10.9 Å². The van der Waals surface area contributed by atoms with Gasteiger partial charge in [-0.3, -0.25) is 9.59 Å². The Balaban J connectivity index is 1.80. The third kappa shape index (κ3) is 3.69. The first-order valence-corrected chi connectivity index (χ1v) is 13.6. The minimum atomic E-state index is -2.24. The number of halogens is 6. The number of esters is 1. The van der Waals surface area contributed by atoms with Gasteiger partial charge in [-0.25, -0.2) is 4.79 Å². The molecule has 0 spiro atoms. The van der Waals surface area contributed by atoms with Crippen LogP contribution >= 0.6 is 80.9 Å². The number of alkyl halides is 4. The van der Waals surface area contributed by atoms with E-state index in [1.54, 1.807) is 12.3 Å². The first-order valence-electron chi connectivity index (χ1n) is 10.5. The number of thiophene rings is 1. The van der Waals surface area contributed by atoms with Gasteiger partial charge in [-0.1, -0.05) is 76.2 Å². The molecular weight excluding hydrogens is 615 g/mol. The van der Waals surface area contributed by atoms with E-state index in [0.29, 0.717) is 5.56 Å². The third-order valence-electron chi connectivity index (χ3n) is 6.35. The molecular formula is C23H17Cl6NO5S. The van der Waals surface area contributed by atoms with Gasteiger partial charge in [0.05, 0.1) is 28.5 Å². The number of fused-ring (bicyclic) bond motifs is 2. The molecule has 0 saturated heterocycles. The largest absolute Gasteiger partial charge is 0.481 e. The van der Waals surface area contributed by atoms with Crippen LogP contribution in [0.2, 0.25) is 0 Å². The van der Waals surface area contributed by atoms with Gasteiger partial charge in [0.25, 0.3) is 0 Å². The first kappa shape index (κ1) is 27.8. The van der Waals surface area contributed by atoms with Gasteiger partial charge in [0.1, 0.15) is 20.3 Å². The number of ether oxygens (including phenoxy) is 1. The van der Waals surface area contributed by atoms with Crippen LogP contribution < -0.4 is 5.32 Å². The number of benzene rings is 1. The molecule has 4 rings (SSSR count). The molecule has 1 heterocycles. The van der Waals surface area contributed by atoms with E-state index in [9.17, 15) is 19.5 Å². The number of carboxylic acids is 1.